The molecule has 0 spiro atoms. The van der Waals surface area contributed by atoms with E-state index in [0.29, 0.717) is 37.1 Å². The Morgan fingerprint density at radius 3 is 2.84 bits per heavy atom. The molecule has 2 amide bonds. The second kappa shape index (κ2) is 9.17. The number of hydrogen-bond donors (Lipinski definition) is 2. The summed E-state index contributed by atoms with van der Waals surface area (Å²) < 4.78 is 0. The van der Waals surface area contributed by atoms with E-state index in [4.69, 9.17) is 0 Å². The van der Waals surface area contributed by atoms with E-state index < -0.39 is 11.0 Å². The average Bonchev–Trinajstić information content (AvgIpc) is 3.42. The number of likely N-dealkylation sites (tertiary alicyclic amines) is 1. The number of nitro benzene ring substituents is 1. The monoisotopic (exact) mass is 435 g/mol. The Morgan fingerprint density at radius 1 is 1.28 bits per heavy atom. The van der Waals surface area contributed by atoms with Gasteiger partial charge in [-0.2, -0.15) is 0 Å². The number of imidazole rings is 1. The number of nitrogens with zero attached hydrogens (tertiary/aromatic N) is 3. The lowest BCUT2D eigenvalue weighted by Gasteiger charge is -2.24. The van der Waals surface area contributed by atoms with Gasteiger partial charge in [0.25, 0.3) is 11.6 Å². The second-order valence-corrected chi connectivity index (χ2v) is 8.01. The van der Waals surface area contributed by atoms with Crippen LogP contribution in [-0.2, 0) is 11.2 Å². The lowest BCUT2D eigenvalue weighted by atomic mass is 10.1. The summed E-state index contributed by atoms with van der Waals surface area (Å²) in [5, 5.41) is 13.9. The topological polar surface area (TPSA) is 121 Å². The van der Waals surface area contributed by atoms with Crippen LogP contribution in [0.1, 0.15) is 41.0 Å². The molecule has 2 N–H and O–H groups in total. The quantitative estimate of drug-likeness (QED) is 0.335. The average molecular weight is 435 g/mol. The van der Waals surface area contributed by atoms with Crippen molar-refractivity contribution in [3.05, 3.63) is 69.5 Å². The number of benzene rings is 2. The van der Waals surface area contributed by atoms with Crippen molar-refractivity contribution in [1.82, 2.24) is 20.2 Å². The highest BCUT2D eigenvalue weighted by atomic mass is 16.6. The van der Waals surface area contributed by atoms with E-state index in [1.165, 1.54) is 18.2 Å². The number of amides is 2. The Hall–Kier alpha value is -3.75. The number of para-hydroxylation sites is 2. The van der Waals surface area contributed by atoms with E-state index in [-0.39, 0.29) is 17.5 Å². The lowest BCUT2D eigenvalue weighted by Crippen LogP contribution is -2.46. The van der Waals surface area contributed by atoms with Crippen LogP contribution < -0.4 is 5.32 Å². The molecule has 0 aliphatic carbocycles. The minimum Gasteiger partial charge on any atom is -0.354 e. The Kier molecular flexibility index (Phi) is 6.16. The molecule has 2 heterocycles. The zero-order chi connectivity index (χ0) is 22.7. The predicted octanol–water partition coefficient (Wildman–Crippen LogP) is 3.13. The van der Waals surface area contributed by atoms with Crippen LogP contribution in [0.5, 0.6) is 0 Å². The number of aromatic nitrogens is 2. The zero-order valence-electron chi connectivity index (χ0n) is 17.8. The van der Waals surface area contributed by atoms with E-state index in [1.54, 1.807) is 11.8 Å². The van der Waals surface area contributed by atoms with Crippen LogP contribution in [-0.4, -0.2) is 50.7 Å². The summed E-state index contributed by atoms with van der Waals surface area (Å²) in [5.41, 5.74) is 2.67. The highest BCUT2D eigenvalue weighted by Gasteiger charge is 2.34. The van der Waals surface area contributed by atoms with Gasteiger partial charge in [0.1, 0.15) is 11.9 Å². The molecule has 1 aromatic heterocycles. The van der Waals surface area contributed by atoms with Crippen LogP contribution in [0.25, 0.3) is 11.0 Å². The van der Waals surface area contributed by atoms with Crippen LogP contribution in [0.2, 0.25) is 0 Å². The number of aryl methyl sites for hydroxylation is 2. The molecule has 1 saturated heterocycles. The summed E-state index contributed by atoms with van der Waals surface area (Å²) in [7, 11) is 0. The van der Waals surface area contributed by atoms with E-state index in [1.807, 2.05) is 24.3 Å². The summed E-state index contributed by atoms with van der Waals surface area (Å²) in [6, 6.07) is 11.6. The molecule has 9 heteroatoms. The Labute approximate surface area is 185 Å². The zero-order valence-corrected chi connectivity index (χ0v) is 17.8. The van der Waals surface area contributed by atoms with Crippen molar-refractivity contribution in [2.24, 2.45) is 0 Å². The van der Waals surface area contributed by atoms with E-state index in [9.17, 15) is 19.7 Å². The van der Waals surface area contributed by atoms with Crippen molar-refractivity contribution in [2.75, 3.05) is 13.1 Å². The second-order valence-electron chi connectivity index (χ2n) is 8.01. The van der Waals surface area contributed by atoms with Gasteiger partial charge < -0.3 is 15.2 Å². The van der Waals surface area contributed by atoms with E-state index in [2.05, 4.69) is 15.3 Å². The molecule has 1 atom stereocenters. The molecule has 3 aromatic rings. The van der Waals surface area contributed by atoms with Gasteiger partial charge in [-0.1, -0.05) is 12.1 Å². The first-order valence-electron chi connectivity index (χ1n) is 10.7. The fourth-order valence-corrected chi connectivity index (χ4v) is 4.15. The maximum Gasteiger partial charge on any atom is 0.272 e. The molecule has 1 aliphatic rings. The number of hydrogen-bond acceptors (Lipinski definition) is 5. The van der Waals surface area contributed by atoms with Crippen LogP contribution >= 0.6 is 0 Å². The highest BCUT2D eigenvalue weighted by molar-refractivity contribution is 5.98. The number of aromatic amines is 1. The Morgan fingerprint density at radius 2 is 2.09 bits per heavy atom. The molecule has 0 radical (unpaired) electrons. The number of carbonyl (C=O) groups is 2. The largest absolute Gasteiger partial charge is 0.354 e. The Balaban J connectivity index is 1.32. The number of rotatable bonds is 7. The molecule has 32 heavy (non-hydrogen) atoms. The van der Waals surface area contributed by atoms with Gasteiger partial charge in [-0.3, -0.25) is 19.7 Å². The summed E-state index contributed by atoms with van der Waals surface area (Å²) >= 11 is 0. The summed E-state index contributed by atoms with van der Waals surface area (Å²) in [5.74, 6) is 0.439. The van der Waals surface area contributed by atoms with Crippen LogP contribution in [0.15, 0.2) is 42.5 Å². The number of fused-ring (bicyclic) bond motifs is 1. The highest BCUT2D eigenvalue weighted by Crippen LogP contribution is 2.24. The lowest BCUT2D eigenvalue weighted by molar-refractivity contribution is -0.385. The fourth-order valence-electron chi connectivity index (χ4n) is 4.15. The van der Waals surface area contributed by atoms with Gasteiger partial charge in [-0.05, 0) is 50.5 Å². The first kappa shape index (κ1) is 21.5. The van der Waals surface area contributed by atoms with E-state index in [0.717, 1.165) is 29.7 Å². The molecule has 0 saturated carbocycles. The molecule has 0 bridgehead atoms. The number of nitrogens with one attached hydrogen (secondary N) is 2. The number of carbonyl (C=O) groups excluding carboxylic acids is 2. The number of nitro groups is 1. The third kappa shape index (κ3) is 4.46. The van der Waals surface area contributed by atoms with E-state index >= 15 is 0 Å². The minimum atomic E-state index is -0.524. The van der Waals surface area contributed by atoms with Crippen molar-refractivity contribution >= 4 is 28.5 Å². The molecule has 1 unspecified atom stereocenters. The van der Waals surface area contributed by atoms with Gasteiger partial charge in [0.05, 0.1) is 16.0 Å². The molecule has 1 fully saturated rings. The van der Waals surface area contributed by atoms with Crippen LogP contribution in [0.4, 0.5) is 5.69 Å². The fraction of sp³-hybridized carbons (Fsp3) is 0.348. The summed E-state index contributed by atoms with van der Waals surface area (Å²) in [6.07, 6.45) is 2.79. The standard InChI is InChI=1S/C23H25N5O4/c1-15-14-16(10-11-19(15)28(31)32)23(30)27-13-5-8-20(27)22(29)24-12-4-9-21-25-17-6-2-3-7-18(17)26-21/h2-3,6-7,10-11,14,20H,4-5,8-9,12-13H2,1H3,(H,24,29)(H,25,26). The smallest absolute Gasteiger partial charge is 0.272 e. The predicted molar refractivity (Wildman–Crippen MR) is 119 cm³/mol. The minimum absolute atomic E-state index is 0.0262. The maximum atomic E-state index is 13.0. The summed E-state index contributed by atoms with van der Waals surface area (Å²) in [4.78, 5) is 45.6. The van der Waals surface area contributed by atoms with Gasteiger partial charge in [0.2, 0.25) is 5.91 Å². The number of H-pyrrole nitrogens is 1. The molecule has 4 rings (SSSR count). The maximum absolute atomic E-state index is 13.0. The first-order chi connectivity index (χ1) is 15.4. The van der Waals surface area contributed by atoms with Gasteiger partial charge in [0.15, 0.2) is 0 Å². The first-order valence-corrected chi connectivity index (χ1v) is 10.7. The van der Waals surface area contributed by atoms with Gasteiger partial charge in [-0.25, -0.2) is 4.98 Å². The van der Waals surface area contributed by atoms with Crippen molar-refractivity contribution in [3.63, 3.8) is 0 Å². The third-order valence-electron chi connectivity index (χ3n) is 5.78. The molecule has 2 aromatic carbocycles. The van der Waals surface area contributed by atoms with Crippen LogP contribution in [0, 0.1) is 17.0 Å². The molecule has 9 nitrogen and oxygen atoms in total. The van der Waals surface area contributed by atoms with Crippen molar-refractivity contribution in [1.29, 1.82) is 0 Å². The summed E-state index contributed by atoms with van der Waals surface area (Å²) in [6.45, 7) is 2.59. The Bertz CT molecular complexity index is 1140. The SMILES string of the molecule is Cc1cc(C(=O)N2CCCC2C(=O)NCCCc2nc3ccccc3[nH]2)ccc1[N+](=O)[O-]. The van der Waals surface area contributed by atoms with Gasteiger partial charge >= 0.3 is 0 Å². The van der Waals surface area contributed by atoms with Gasteiger partial charge in [-0.15, -0.1) is 0 Å². The van der Waals surface area contributed by atoms with Gasteiger partial charge in [0, 0.05) is 36.7 Å². The van der Waals surface area contributed by atoms with Crippen molar-refractivity contribution in [3.8, 4) is 0 Å². The molecular formula is C23H25N5O4. The normalized spacial score (nSPS) is 15.8. The van der Waals surface area contributed by atoms with Crippen LogP contribution in [0.3, 0.4) is 0 Å². The molecular weight excluding hydrogens is 410 g/mol. The van der Waals surface area contributed by atoms with Crippen molar-refractivity contribution in [2.45, 2.75) is 38.6 Å². The molecule has 1 aliphatic heterocycles. The molecule has 166 valence electrons. The third-order valence-corrected chi connectivity index (χ3v) is 5.78. The van der Waals surface area contributed by atoms with Crippen molar-refractivity contribution < 1.29 is 14.5 Å².